The molecule has 120 valence electrons. The lowest BCUT2D eigenvalue weighted by atomic mass is 10.1. The van der Waals surface area contributed by atoms with Crippen molar-refractivity contribution in [1.29, 1.82) is 0 Å². The quantitative estimate of drug-likeness (QED) is 0.685. The van der Waals surface area contributed by atoms with E-state index in [4.69, 9.17) is 10.5 Å². The van der Waals surface area contributed by atoms with Crippen molar-refractivity contribution in [3.05, 3.63) is 24.3 Å². The van der Waals surface area contributed by atoms with Crippen LogP contribution in [0.1, 0.15) is 40.0 Å². The number of hydrogen-bond acceptors (Lipinski definition) is 4. The van der Waals surface area contributed by atoms with Gasteiger partial charge < -0.3 is 10.5 Å². The monoisotopic (exact) mass is 314 g/mol. The zero-order valence-electron chi connectivity index (χ0n) is 13.1. The van der Waals surface area contributed by atoms with Gasteiger partial charge in [0.1, 0.15) is 5.75 Å². The molecule has 0 heterocycles. The van der Waals surface area contributed by atoms with Crippen LogP contribution in [0.15, 0.2) is 29.2 Å². The van der Waals surface area contributed by atoms with Crippen molar-refractivity contribution in [2.24, 2.45) is 5.73 Å². The van der Waals surface area contributed by atoms with E-state index in [1.165, 1.54) is 0 Å². The molecule has 0 unspecified atom stereocenters. The van der Waals surface area contributed by atoms with Gasteiger partial charge in [0.2, 0.25) is 10.0 Å². The third-order valence-corrected chi connectivity index (χ3v) is 4.79. The van der Waals surface area contributed by atoms with Crippen LogP contribution in [-0.2, 0) is 10.0 Å². The predicted molar refractivity (Wildman–Crippen MR) is 84.9 cm³/mol. The second-order valence-electron chi connectivity index (χ2n) is 5.72. The molecule has 1 rings (SSSR count). The third-order valence-electron chi connectivity index (χ3n) is 3.07. The molecule has 0 aromatic heterocycles. The molecule has 0 amide bonds. The topological polar surface area (TPSA) is 81.4 Å². The van der Waals surface area contributed by atoms with Gasteiger partial charge in [-0.1, -0.05) is 19.8 Å². The van der Waals surface area contributed by atoms with E-state index in [0.717, 1.165) is 19.3 Å². The summed E-state index contributed by atoms with van der Waals surface area (Å²) in [5, 5.41) is 0. The Morgan fingerprint density at radius 3 is 2.33 bits per heavy atom. The molecule has 0 aliphatic carbocycles. The first-order chi connectivity index (χ1) is 9.80. The van der Waals surface area contributed by atoms with Crippen LogP contribution in [0.2, 0.25) is 0 Å². The van der Waals surface area contributed by atoms with Gasteiger partial charge in [-0.15, -0.1) is 0 Å². The van der Waals surface area contributed by atoms with E-state index in [0.29, 0.717) is 12.4 Å². The molecule has 3 N–H and O–H groups in total. The highest BCUT2D eigenvalue weighted by atomic mass is 32.2. The van der Waals surface area contributed by atoms with Gasteiger partial charge in [-0.2, -0.15) is 0 Å². The number of ether oxygens (including phenoxy) is 1. The van der Waals surface area contributed by atoms with Crippen LogP contribution in [0.4, 0.5) is 0 Å². The smallest absolute Gasteiger partial charge is 0.241 e. The van der Waals surface area contributed by atoms with Crippen molar-refractivity contribution < 1.29 is 13.2 Å². The Labute approximate surface area is 127 Å². The van der Waals surface area contributed by atoms with E-state index in [2.05, 4.69) is 11.6 Å². The molecular weight excluding hydrogens is 288 g/mol. The molecule has 0 aliphatic heterocycles. The first-order valence-corrected chi connectivity index (χ1v) is 8.76. The summed E-state index contributed by atoms with van der Waals surface area (Å²) in [5.41, 5.74) is 4.88. The Hall–Kier alpha value is -1.11. The fourth-order valence-corrected chi connectivity index (χ4v) is 3.14. The van der Waals surface area contributed by atoms with Crippen LogP contribution in [0, 0.1) is 0 Å². The van der Waals surface area contributed by atoms with E-state index in [1.807, 2.05) is 0 Å². The first kappa shape index (κ1) is 17.9. The van der Waals surface area contributed by atoms with Crippen molar-refractivity contribution in [1.82, 2.24) is 4.72 Å². The Bertz CT molecular complexity index is 524. The number of unbranched alkanes of at least 4 members (excludes halogenated alkanes) is 2. The molecule has 0 saturated carbocycles. The Balaban J connectivity index is 2.68. The second kappa shape index (κ2) is 7.77. The zero-order chi connectivity index (χ0) is 15.9. The van der Waals surface area contributed by atoms with Crippen molar-refractivity contribution >= 4 is 10.0 Å². The van der Waals surface area contributed by atoms with E-state index < -0.39 is 15.6 Å². The van der Waals surface area contributed by atoms with Gasteiger partial charge in [0, 0.05) is 12.1 Å². The van der Waals surface area contributed by atoms with Crippen LogP contribution < -0.4 is 15.2 Å². The molecule has 0 radical (unpaired) electrons. The average Bonchev–Trinajstić information content (AvgIpc) is 2.43. The van der Waals surface area contributed by atoms with Crippen LogP contribution >= 0.6 is 0 Å². The molecule has 0 fully saturated rings. The van der Waals surface area contributed by atoms with Gasteiger partial charge in [-0.25, -0.2) is 13.1 Å². The number of nitrogens with one attached hydrogen (secondary N) is 1. The summed E-state index contributed by atoms with van der Waals surface area (Å²) in [5.74, 6) is 0.683. The maximum atomic E-state index is 12.2. The number of rotatable bonds is 9. The molecule has 0 bridgehead atoms. The van der Waals surface area contributed by atoms with Gasteiger partial charge in [-0.05, 0) is 44.5 Å². The first-order valence-electron chi connectivity index (χ1n) is 7.27. The highest BCUT2D eigenvalue weighted by Gasteiger charge is 2.24. The Morgan fingerprint density at radius 1 is 1.19 bits per heavy atom. The molecule has 21 heavy (non-hydrogen) atoms. The van der Waals surface area contributed by atoms with Crippen LogP contribution in [0.5, 0.6) is 5.75 Å². The summed E-state index contributed by atoms with van der Waals surface area (Å²) in [6, 6.07) is 6.44. The summed E-state index contributed by atoms with van der Waals surface area (Å²) in [6.07, 6.45) is 3.27. The van der Waals surface area contributed by atoms with Crippen molar-refractivity contribution in [3.8, 4) is 5.75 Å². The molecule has 0 aliphatic rings. The fraction of sp³-hybridized carbons (Fsp3) is 0.600. The fourth-order valence-electron chi connectivity index (χ4n) is 1.72. The standard InChI is InChI=1S/C15H26N2O3S/c1-4-5-6-11-20-13-7-9-14(10-8-13)21(18,19)17-15(2,3)12-16/h7-10,17H,4-6,11-12,16H2,1-3H3. The predicted octanol–water partition coefficient (Wildman–Crippen LogP) is 2.27. The average molecular weight is 314 g/mol. The van der Waals surface area contributed by atoms with Crippen LogP contribution in [0.25, 0.3) is 0 Å². The van der Waals surface area contributed by atoms with Crippen LogP contribution in [0.3, 0.4) is 0 Å². The molecule has 0 atom stereocenters. The summed E-state index contributed by atoms with van der Waals surface area (Å²) >= 11 is 0. The lowest BCUT2D eigenvalue weighted by molar-refractivity contribution is 0.306. The minimum atomic E-state index is -3.56. The highest BCUT2D eigenvalue weighted by molar-refractivity contribution is 7.89. The maximum absolute atomic E-state index is 12.2. The molecule has 0 saturated heterocycles. The van der Waals surface area contributed by atoms with Gasteiger partial charge in [0.15, 0.2) is 0 Å². The number of sulfonamides is 1. The molecular formula is C15H26N2O3S. The largest absolute Gasteiger partial charge is 0.494 e. The second-order valence-corrected chi connectivity index (χ2v) is 7.40. The van der Waals surface area contributed by atoms with Crippen molar-refractivity contribution in [2.75, 3.05) is 13.2 Å². The zero-order valence-corrected chi connectivity index (χ0v) is 13.9. The number of benzene rings is 1. The van der Waals surface area contributed by atoms with E-state index in [1.54, 1.807) is 38.1 Å². The van der Waals surface area contributed by atoms with E-state index in [9.17, 15) is 8.42 Å². The highest BCUT2D eigenvalue weighted by Crippen LogP contribution is 2.18. The summed E-state index contributed by atoms with van der Waals surface area (Å²) < 4.78 is 32.6. The summed E-state index contributed by atoms with van der Waals surface area (Å²) in [4.78, 5) is 0.213. The minimum absolute atomic E-state index is 0.213. The molecule has 5 nitrogen and oxygen atoms in total. The summed E-state index contributed by atoms with van der Waals surface area (Å²) in [7, 11) is -3.56. The maximum Gasteiger partial charge on any atom is 0.241 e. The lowest BCUT2D eigenvalue weighted by Gasteiger charge is -2.23. The normalized spacial score (nSPS) is 12.4. The van der Waals surface area contributed by atoms with Crippen LogP contribution in [-0.4, -0.2) is 27.1 Å². The Kier molecular flexibility index (Phi) is 6.64. The number of nitrogens with two attached hydrogens (primary N) is 1. The van der Waals surface area contributed by atoms with Crippen molar-refractivity contribution in [3.63, 3.8) is 0 Å². The lowest BCUT2D eigenvalue weighted by Crippen LogP contribution is -2.48. The van der Waals surface area contributed by atoms with E-state index in [-0.39, 0.29) is 11.4 Å². The summed E-state index contributed by atoms with van der Waals surface area (Å²) in [6.45, 7) is 6.50. The molecule has 0 spiro atoms. The van der Waals surface area contributed by atoms with Gasteiger partial charge in [-0.3, -0.25) is 0 Å². The third kappa shape index (κ3) is 6.03. The molecule has 6 heteroatoms. The Morgan fingerprint density at radius 2 is 1.81 bits per heavy atom. The van der Waals surface area contributed by atoms with Crippen molar-refractivity contribution in [2.45, 2.75) is 50.5 Å². The van der Waals surface area contributed by atoms with Gasteiger partial charge in [0.05, 0.1) is 11.5 Å². The van der Waals surface area contributed by atoms with Gasteiger partial charge in [0.25, 0.3) is 0 Å². The molecule has 1 aromatic carbocycles. The van der Waals surface area contributed by atoms with Gasteiger partial charge >= 0.3 is 0 Å². The molecule has 1 aromatic rings. The number of hydrogen-bond donors (Lipinski definition) is 2. The SMILES string of the molecule is CCCCCOc1ccc(S(=O)(=O)NC(C)(C)CN)cc1. The van der Waals surface area contributed by atoms with E-state index >= 15 is 0 Å². The minimum Gasteiger partial charge on any atom is -0.494 e.